The van der Waals surface area contributed by atoms with Gasteiger partial charge in [0.2, 0.25) is 5.91 Å². The van der Waals surface area contributed by atoms with Gasteiger partial charge in [0.15, 0.2) is 0 Å². The molecule has 0 saturated heterocycles. The number of carbonyl (C=O) groups excluding carboxylic acids is 1. The smallest absolute Gasteiger partial charge is 0.248 e. The second kappa shape index (κ2) is 4.57. The predicted molar refractivity (Wildman–Crippen MR) is 69.1 cm³/mol. The maximum atomic E-state index is 10.9. The summed E-state index contributed by atoms with van der Waals surface area (Å²) in [5.74, 6) is -0.434. The molecule has 2 rings (SSSR count). The molecular weight excluding hydrogens is 214 g/mol. The Labute approximate surface area is 99.2 Å². The molecular formula is C13H13N3O. The molecule has 0 radical (unpaired) electrons. The Morgan fingerprint density at radius 2 is 1.65 bits per heavy atom. The van der Waals surface area contributed by atoms with Gasteiger partial charge in [0.05, 0.1) is 11.4 Å². The standard InChI is InChI=1S/C13H13N3O/c14-11-3-1-2-4-12(11)16-10-7-5-9(6-8-10)13(15)17/h1-8,16H,14H2,(H2,15,17). The van der Waals surface area contributed by atoms with Crippen molar-refractivity contribution in [2.45, 2.75) is 0 Å². The first-order valence-electron chi connectivity index (χ1n) is 5.18. The number of para-hydroxylation sites is 2. The maximum Gasteiger partial charge on any atom is 0.248 e. The third-order valence-corrected chi connectivity index (χ3v) is 2.41. The summed E-state index contributed by atoms with van der Waals surface area (Å²) in [6.07, 6.45) is 0. The van der Waals surface area contributed by atoms with Crippen LogP contribution in [0, 0.1) is 0 Å². The molecule has 0 bridgehead atoms. The van der Waals surface area contributed by atoms with Crippen LogP contribution in [-0.4, -0.2) is 5.91 Å². The van der Waals surface area contributed by atoms with Gasteiger partial charge in [-0.15, -0.1) is 0 Å². The molecule has 1 amide bonds. The van der Waals surface area contributed by atoms with Crippen LogP contribution >= 0.6 is 0 Å². The lowest BCUT2D eigenvalue weighted by Crippen LogP contribution is -2.10. The number of hydrogen-bond donors (Lipinski definition) is 3. The molecule has 0 aromatic heterocycles. The van der Waals surface area contributed by atoms with E-state index in [1.807, 2.05) is 24.3 Å². The van der Waals surface area contributed by atoms with Crippen molar-refractivity contribution in [1.82, 2.24) is 0 Å². The lowest BCUT2D eigenvalue weighted by atomic mass is 10.2. The summed E-state index contributed by atoms with van der Waals surface area (Å²) in [6.45, 7) is 0. The predicted octanol–water partition coefficient (Wildman–Crippen LogP) is 2.11. The molecule has 2 aromatic carbocycles. The monoisotopic (exact) mass is 227 g/mol. The van der Waals surface area contributed by atoms with Crippen molar-refractivity contribution >= 4 is 23.0 Å². The average molecular weight is 227 g/mol. The van der Waals surface area contributed by atoms with E-state index >= 15 is 0 Å². The normalized spacial score (nSPS) is 9.88. The lowest BCUT2D eigenvalue weighted by Gasteiger charge is -2.09. The Morgan fingerprint density at radius 1 is 1.00 bits per heavy atom. The van der Waals surface area contributed by atoms with Crippen LogP contribution in [0.4, 0.5) is 17.1 Å². The first-order valence-corrected chi connectivity index (χ1v) is 5.18. The summed E-state index contributed by atoms with van der Waals surface area (Å²) in [5.41, 5.74) is 13.8. The Balaban J connectivity index is 2.20. The minimum absolute atomic E-state index is 0.434. The second-order valence-electron chi connectivity index (χ2n) is 3.65. The summed E-state index contributed by atoms with van der Waals surface area (Å²) in [7, 11) is 0. The number of nitrogens with one attached hydrogen (secondary N) is 1. The minimum atomic E-state index is -0.434. The minimum Gasteiger partial charge on any atom is -0.397 e. The maximum absolute atomic E-state index is 10.9. The van der Waals surface area contributed by atoms with E-state index in [9.17, 15) is 4.79 Å². The van der Waals surface area contributed by atoms with Crippen LogP contribution in [-0.2, 0) is 0 Å². The molecule has 5 N–H and O–H groups in total. The van der Waals surface area contributed by atoms with Crippen LogP contribution in [0.15, 0.2) is 48.5 Å². The van der Waals surface area contributed by atoms with Crippen molar-refractivity contribution < 1.29 is 4.79 Å². The molecule has 0 atom stereocenters. The number of nitrogen functional groups attached to an aromatic ring is 1. The van der Waals surface area contributed by atoms with Crippen LogP contribution < -0.4 is 16.8 Å². The molecule has 0 unspecified atom stereocenters. The van der Waals surface area contributed by atoms with Crippen LogP contribution in [0.25, 0.3) is 0 Å². The number of primary amides is 1. The van der Waals surface area contributed by atoms with E-state index in [1.54, 1.807) is 24.3 Å². The zero-order chi connectivity index (χ0) is 12.3. The molecule has 0 aliphatic carbocycles. The molecule has 0 heterocycles. The lowest BCUT2D eigenvalue weighted by molar-refractivity contribution is 0.100. The fourth-order valence-electron chi connectivity index (χ4n) is 1.48. The van der Waals surface area contributed by atoms with Gasteiger partial charge in [0, 0.05) is 11.3 Å². The number of anilines is 3. The molecule has 0 aliphatic rings. The number of nitrogens with two attached hydrogens (primary N) is 2. The van der Waals surface area contributed by atoms with Gasteiger partial charge in [0.1, 0.15) is 0 Å². The number of hydrogen-bond acceptors (Lipinski definition) is 3. The van der Waals surface area contributed by atoms with Crippen LogP contribution in [0.3, 0.4) is 0 Å². The van der Waals surface area contributed by atoms with E-state index in [4.69, 9.17) is 11.5 Å². The highest BCUT2D eigenvalue weighted by atomic mass is 16.1. The Hall–Kier alpha value is -2.49. The number of benzene rings is 2. The van der Waals surface area contributed by atoms with Crippen LogP contribution in [0.2, 0.25) is 0 Å². The van der Waals surface area contributed by atoms with Crippen LogP contribution in [0.1, 0.15) is 10.4 Å². The van der Waals surface area contributed by atoms with Crippen molar-refractivity contribution in [2.24, 2.45) is 5.73 Å². The summed E-state index contributed by atoms with van der Waals surface area (Å²) in [4.78, 5) is 10.9. The van der Waals surface area contributed by atoms with Gasteiger partial charge >= 0.3 is 0 Å². The third kappa shape index (κ3) is 2.55. The van der Waals surface area contributed by atoms with Gasteiger partial charge < -0.3 is 16.8 Å². The molecule has 0 fully saturated rings. The van der Waals surface area contributed by atoms with Crippen molar-refractivity contribution in [3.63, 3.8) is 0 Å². The molecule has 0 spiro atoms. The Kier molecular flexibility index (Phi) is 2.96. The molecule has 4 heteroatoms. The van der Waals surface area contributed by atoms with E-state index in [1.165, 1.54) is 0 Å². The second-order valence-corrected chi connectivity index (χ2v) is 3.65. The molecule has 17 heavy (non-hydrogen) atoms. The van der Waals surface area contributed by atoms with Gasteiger partial charge in [-0.1, -0.05) is 12.1 Å². The SMILES string of the molecule is NC(=O)c1ccc(Nc2ccccc2N)cc1. The van der Waals surface area contributed by atoms with Crippen molar-refractivity contribution in [3.05, 3.63) is 54.1 Å². The largest absolute Gasteiger partial charge is 0.397 e. The van der Waals surface area contributed by atoms with E-state index in [-0.39, 0.29) is 0 Å². The summed E-state index contributed by atoms with van der Waals surface area (Å²) in [5, 5.41) is 3.16. The van der Waals surface area contributed by atoms with E-state index in [2.05, 4.69) is 5.32 Å². The number of carbonyl (C=O) groups is 1. The highest BCUT2D eigenvalue weighted by molar-refractivity contribution is 5.93. The fourth-order valence-corrected chi connectivity index (χ4v) is 1.48. The third-order valence-electron chi connectivity index (χ3n) is 2.41. The summed E-state index contributed by atoms with van der Waals surface area (Å²) in [6, 6.07) is 14.4. The quantitative estimate of drug-likeness (QED) is 0.702. The molecule has 86 valence electrons. The van der Waals surface area contributed by atoms with Gasteiger partial charge in [-0.2, -0.15) is 0 Å². The molecule has 0 aliphatic heterocycles. The molecule has 4 nitrogen and oxygen atoms in total. The molecule has 2 aromatic rings. The van der Waals surface area contributed by atoms with Gasteiger partial charge in [0.25, 0.3) is 0 Å². The fraction of sp³-hybridized carbons (Fsp3) is 0. The first kappa shape index (κ1) is 11.0. The average Bonchev–Trinajstić information content (AvgIpc) is 2.33. The highest BCUT2D eigenvalue weighted by Crippen LogP contribution is 2.22. The van der Waals surface area contributed by atoms with E-state index in [0.29, 0.717) is 11.3 Å². The van der Waals surface area contributed by atoms with Crippen molar-refractivity contribution in [2.75, 3.05) is 11.1 Å². The molecule has 0 saturated carbocycles. The van der Waals surface area contributed by atoms with E-state index in [0.717, 1.165) is 11.4 Å². The highest BCUT2D eigenvalue weighted by Gasteiger charge is 2.01. The Morgan fingerprint density at radius 3 is 2.24 bits per heavy atom. The zero-order valence-corrected chi connectivity index (χ0v) is 9.18. The van der Waals surface area contributed by atoms with Crippen molar-refractivity contribution in [3.8, 4) is 0 Å². The number of amides is 1. The van der Waals surface area contributed by atoms with Gasteiger partial charge in [-0.05, 0) is 36.4 Å². The van der Waals surface area contributed by atoms with Crippen LogP contribution in [0.5, 0.6) is 0 Å². The summed E-state index contributed by atoms with van der Waals surface area (Å²) >= 11 is 0. The zero-order valence-electron chi connectivity index (χ0n) is 9.18. The number of rotatable bonds is 3. The van der Waals surface area contributed by atoms with Crippen molar-refractivity contribution in [1.29, 1.82) is 0 Å². The summed E-state index contributed by atoms with van der Waals surface area (Å²) < 4.78 is 0. The van der Waals surface area contributed by atoms with Gasteiger partial charge in [-0.25, -0.2) is 0 Å². The van der Waals surface area contributed by atoms with Gasteiger partial charge in [-0.3, -0.25) is 4.79 Å². The van der Waals surface area contributed by atoms with E-state index < -0.39 is 5.91 Å². The Bertz CT molecular complexity index is 535. The topological polar surface area (TPSA) is 81.1 Å². The first-order chi connectivity index (χ1) is 8.16.